The van der Waals surface area contributed by atoms with Crippen LogP contribution in [0, 0.1) is 17.3 Å². The second kappa shape index (κ2) is 6.23. The number of aliphatic hydroxyl groups excluding tert-OH is 1. The van der Waals surface area contributed by atoms with Gasteiger partial charge in [0.05, 0.1) is 16.4 Å². The largest absolute Gasteiger partial charge is 0.395 e. The summed E-state index contributed by atoms with van der Waals surface area (Å²) in [5.41, 5.74) is 0.372. The van der Waals surface area contributed by atoms with E-state index in [0.717, 1.165) is 17.8 Å². The van der Waals surface area contributed by atoms with Crippen molar-refractivity contribution in [1.82, 2.24) is 5.32 Å². The SMILES string of the molecule is CCC1(CNC(=O)c2ccc(C#CCCO)s2)CC1. The molecule has 0 unspecified atom stereocenters. The second-order valence-electron chi connectivity index (χ2n) is 4.98. The third kappa shape index (κ3) is 3.82. The molecule has 0 radical (unpaired) electrons. The van der Waals surface area contributed by atoms with E-state index >= 15 is 0 Å². The number of hydrogen-bond donors (Lipinski definition) is 2. The highest BCUT2D eigenvalue weighted by Gasteiger charge is 2.40. The van der Waals surface area contributed by atoms with E-state index in [4.69, 9.17) is 5.11 Å². The maximum Gasteiger partial charge on any atom is 0.261 e. The predicted molar refractivity (Wildman–Crippen MR) is 77.2 cm³/mol. The Morgan fingerprint density at radius 1 is 1.53 bits per heavy atom. The van der Waals surface area contributed by atoms with E-state index in [1.807, 2.05) is 12.1 Å². The number of carbonyl (C=O) groups excluding carboxylic acids is 1. The van der Waals surface area contributed by atoms with Gasteiger partial charge in [-0.3, -0.25) is 4.79 Å². The average Bonchev–Trinajstić information content (AvgIpc) is 3.06. The smallest absolute Gasteiger partial charge is 0.261 e. The average molecular weight is 277 g/mol. The van der Waals surface area contributed by atoms with Crippen LogP contribution in [0.3, 0.4) is 0 Å². The Labute approximate surface area is 118 Å². The Bertz CT molecular complexity index is 506. The van der Waals surface area contributed by atoms with Crippen LogP contribution in [0.2, 0.25) is 0 Å². The molecule has 3 nitrogen and oxygen atoms in total. The third-order valence-corrected chi connectivity index (χ3v) is 4.61. The minimum Gasteiger partial charge on any atom is -0.395 e. The zero-order valence-corrected chi connectivity index (χ0v) is 12.0. The quantitative estimate of drug-likeness (QED) is 0.812. The van der Waals surface area contributed by atoms with Gasteiger partial charge in [-0.1, -0.05) is 18.8 Å². The molecule has 2 rings (SSSR count). The van der Waals surface area contributed by atoms with Gasteiger partial charge in [-0.15, -0.1) is 11.3 Å². The number of nitrogens with one attached hydrogen (secondary N) is 1. The molecule has 0 bridgehead atoms. The zero-order valence-electron chi connectivity index (χ0n) is 11.2. The summed E-state index contributed by atoms with van der Waals surface area (Å²) in [5, 5.41) is 11.7. The van der Waals surface area contributed by atoms with Gasteiger partial charge in [0.2, 0.25) is 0 Å². The van der Waals surface area contributed by atoms with E-state index in [1.54, 1.807) is 0 Å². The van der Waals surface area contributed by atoms with Gasteiger partial charge in [0.15, 0.2) is 0 Å². The Morgan fingerprint density at radius 3 is 2.95 bits per heavy atom. The van der Waals surface area contributed by atoms with Crippen LogP contribution in [0.25, 0.3) is 0 Å². The Hall–Kier alpha value is -1.31. The molecular formula is C15H19NO2S. The maximum absolute atomic E-state index is 12.0. The molecule has 2 N–H and O–H groups in total. The third-order valence-electron chi connectivity index (χ3n) is 3.61. The molecule has 0 saturated heterocycles. The van der Waals surface area contributed by atoms with Crippen molar-refractivity contribution in [2.45, 2.75) is 32.6 Å². The van der Waals surface area contributed by atoms with Crippen molar-refractivity contribution in [3.8, 4) is 11.8 Å². The van der Waals surface area contributed by atoms with Crippen molar-refractivity contribution in [2.24, 2.45) is 5.41 Å². The first-order chi connectivity index (χ1) is 9.19. The van der Waals surface area contributed by atoms with Gasteiger partial charge >= 0.3 is 0 Å². The zero-order chi connectivity index (χ0) is 13.7. The first-order valence-corrected chi connectivity index (χ1v) is 7.48. The van der Waals surface area contributed by atoms with Gasteiger partial charge in [0, 0.05) is 13.0 Å². The van der Waals surface area contributed by atoms with Crippen molar-refractivity contribution in [3.05, 3.63) is 21.9 Å². The normalized spacial score (nSPS) is 15.5. The molecule has 0 spiro atoms. The van der Waals surface area contributed by atoms with Gasteiger partial charge in [-0.2, -0.15) is 0 Å². The molecule has 1 fully saturated rings. The van der Waals surface area contributed by atoms with E-state index < -0.39 is 0 Å². The molecule has 19 heavy (non-hydrogen) atoms. The highest BCUT2D eigenvalue weighted by atomic mass is 32.1. The first kappa shape index (κ1) is 14.1. The van der Waals surface area contributed by atoms with Gasteiger partial charge in [-0.25, -0.2) is 0 Å². The summed E-state index contributed by atoms with van der Waals surface area (Å²) >= 11 is 1.40. The number of amides is 1. The lowest BCUT2D eigenvalue weighted by molar-refractivity contribution is 0.0948. The Kier molecular flexibility index (Phi) is 4.62. The van der Waals surface area contributed by atoms with E-state index in [2.05, 4.69) is 24.1 Å². The molecule has 1 saturated carbocycles. The summed E-state index contributed by atoms with van der Waals surface area (Å²) in [7, 11) is 0. The van der Waals surface area contributed by atoms with Gasteiger partial charge in [0.25, 0.3) is 5.91 Å². The number of thiophene rings is 1. The lowest BCUT2D eigenvalue weighted by Crippen LogP contribution is -2.29. The van der Waals surface area contributed by atoms with E-state index in [-0.39, 0.29) is 12.5 Å². The van der Waals surface area contributed by atoms with Crippen molar-refractivity contribution >= 4 is 17.2 Å². The molecule has 1 amide bonds. The van der Waals surface area contributed by atoms with Gasteiger partial charge < -0.3 is 10.4 Å². The molecule has 1 aromatic rings. The van der Waals surface area contributed by atoms with Crippen molar-refractivity contribution < 1.29 is 9.90 Å². The molecule has 1 aliphatic carbocycles. The fourth-order valence-electron chi connectivity index (χ4n) is 1.92. The lowest BCUT2D eigenvalue weighted by atomic mass is 10.0. The summed E-state index contributed by atoms with van der Waals surface area (Å²) < 4.78 is 0. The summed E-state index contributed by atoms with van der Waals surface area (Å²) in [4.78, 5) is 13.6. The minimum atomic E-state index is -0.0000619. The van der Waals surface area contributed by atoms with Crippen LogP contribution in [0.4, 0.5) is 0 Å². The highest BCUT2D eigenvalue weighted by molar-refractivity contribution is 7.14. The standard InChI is InChI=1S/C15H19NO2S/c1-2-15(8-9-15)11-16-14(18)13-7-6-12(19-13)5-3-4-10-17/h6-7,17H,2,4,8-11H2,1H3,(H,16,18). The molecule has 102 valence electrons. The topological polar surface area (TPSA) is 49.3 Å². The van der Waals surface area contributed by atoms with Crippen LogP contribution in [-0.2, 0) is 0 Å². The van der Waals surface area contributed by atoms with Gasteiger partial charge in [-0.05, 0) is 36.8 Å². The Morgan fingerprint density at radius 2 is 2.32 bits per heavy atom. The summed E-state index contributed by atoms with van der Waals surface area (Å²) in [6.07, 6.45) is 4.06. The minimum absolute atomic E-state index is 0.0000619. The van der Waals surface area contributed by atoms with Crippen LogP contribution in [0.1, 0.15) is 47.2 Å². The molecule has 0 aliphatic heterocycles. The monoisotopic (exact) mass is 277 g/mol. The summed E-state index contributed by atoms with van der Waals surface area (Å²) in [5.74, 6) is 5.80. The number of rotatable bonds is 5. The van der Waals surface area contributed by atoms with Crippen LogP contribution in [0.15, 0.2) is 12.1 Å². The first-order valence-electron chi connectivity index (χ1n) is 6.67. The van der Waals surface area contributed by atoms with Crippen molar-refractivity contribution in [1.29, 1.82) is 0 Å². The molecule has 1 aromatic heterocycles. The van der Waals surface area contributed by atoms with E-state index in [9.17, 15) is 4.79 Å². The molecule has 0 atom stereocenters. The molecule has 0 aromatic carbocycles. The number of carbonyl (C=O) groups is 1. The fourth-order valence-corrected chi connectivity index (χ4v) is 2.72. The molecule has 1 heterocycles. The number of aliphatic hydroxyl groups is 1. The van der Waals surface area contributed by atoms with Crippen LogP contribution < -0.4 is 5.32 Å². The van der Waals surface area contributed by atoms with Crippen LogP contribution in [0.5, 0.6) is 0 Å². The predicted octanol–water partition coefficient (Wildman–Crippen LogP) is 2.40. The Balaban J connectivity index is 1.88. The molecule has 1 aliphatic rings. The van der Waals surface area contributed by atoms with Crippen LogP contribution >= 0.6 is 11.3 Å². The van der Waals surface area contributed by atoms with Crippen molar-refractivity contribution in [2.75, 3.05) is 13.2 Å². The lowest BCUT2D eigenvalue weighted by Gasteiger charge is -2.12. The fraction of sp³-hybridized carbons (Fsp3) is 0.533. The van der Waals surface area contributed by atoms with E-state index in [1.165, 1.54) is 24.2 Å². The highest BCUT2D eigenvalue weighted by Crippen LogP contribution is 2.47. The maximum atomic E-state index is 12.0. The van der Waals surface area contributed by atoms with E-state index in [0.29, 0.717) is 16.7 Å². The second-order valence-corrected chi connectivity index (χ2v) is 6.06. The van der Waals surface area contributed by atoms with Crippen molar-refractivity contribution in [3.63, 3.8) is 0 Å². The molecule has 4 heteroatoms. The summed E-state index contributed by atoms with van der Waals surface area (Å²) in [6, 6.07) is 3.67. The summed E-state index contributed by atoms with van der Waals surface area (Å²) in [6.45, 7) is 3.04. The molecular weight excluding hydrogens is 258 g/mol. The number of hydrogen-bond acceptors (Lipinski definition) is 3. The van der Waals surface area contributed by atoms with Crippen LogP contribution in [-0.4, -0.2) is 24.2 Å². The van der Waals surface area contributed by atoms with Gasteiger partial charge in [0.1, 0.15) is 0 Å².